The molecule has 3 nitrogen and oxygen atoms in total. The van der Waals surface area contributed by atoms with Crippen molar-refractivity contribution in [2.24, 2.45) is 5.92 Å². The zero-order chi connectivity index (χ0) is 16.8. The molecule has 0 radical (unpaired) electrons. The molecule has 0 N–H and O–H groups in total. The highest BCUT2D eigenvalue weighted by Crippen LogP contribution is 2.31. The summed E-state index contributed by atoms with van der Waals surface area (Å²) in [6, 6.07) is 5.85. The Bertz CT molecular complexity index is 553. The van der Waals surface area contributed by atoms with Crippen LogP contribution in [0, 0.1) is 11.7 Å². The zero-order valence-electron chi connectivity index (χ0n) is 14.2. The quantitative estimate of drug-likeness (QED) is 0.753. The van der Waals surface area contributed by atoms with Gasteiger partial charge in [0.2, 0.25) is 0 Å². The number of carbonyl (C=O) groups is 1. The second-order valence-electron chi connectivity index (χ2n) is 5.94. The molecule has 2 rings (SSSR count). The minimum Gasteiger partial charge on any atom is -0.498 e. The number of likely N-dealkylation sites (tertiary alicyclic amines) is 1. The van der Waals surface area contributed by atoms with Crippen LogP contribution in [0.25, 0.3) is 0 Å². The Morgan fingerprint density at radius 2 is 2.04 bits per heavy atom. The van der Waals surface area contributed by atoms with E-state index in [-0.39, 0.29) is 23.7 Å². The summed E-state index contributed by atoms with van der Waals surface area (Å²) >= 11 is 0. The Hall–Kier alpha value is -1.84. The van der Waals surface area contributed by atoms with E-state index in [1.54, 1.807) is 12.1 Å². The van der Waals surface area contributed by atoms with Gasteiger partial charge in [-0.3, -0.25) is 4.79 Å². The summed E-state index contributed by atoms with van der Waals surface area (Å²) in [6.07, 6.45) is 5.03. The number of rotatable bonds is 5. The molecule has 0 saturated carbocycles. The molecular formula is C19H26FNO2. The number of allylic oxidation sites excluding steroid dienone is 1. The first kappa shape index (κ1) is 17.5. The number of piperidine rings is 1. The molecule has 0 bridgehead atoms. The van der Waals surface area contributed by atoms with E-state index in [1.165, 1.54) is 12.1 Å². The predicted octanol–water partition coefficient (Wildman–Crippen LogP) is 4.40. The summed E-state index contributed by atoms with van der Waals surface area (Å²) in [7, 11) is 0. The third-order valence-corrected chi connectivity index (χ3v) is 4.42. The van der Waals surface area contributed by atoms with Crippen LogP contribution in [-0.2, 0) is 4.74 Å². The fraction of sp³-hybridized carbons (Fsp3) is 0.526. The van der Waals surface area contributed by atoms with Crippen LogP contribution in [0.3, 0.4) is 0 Å². The van der Waals surface area contributed by atoms with Gasteiger partial charge in [0, 0.05) is 24.1 Å². The normalized spacial score (nSPS) is 22.1. The van der Waals surface area contributed by atoms with Gasteiger partial charge < -0.3 is 9.64 Å². The number of carbonyl (C=O) groups excluding carboxylic acids is 1. The molecule has 4 heteroatoms. The maximum Gasteiger partial charge on any atom is 0.254 e. The average molecular weight is 319 g/mol. The molecule has 126 valence electrons. The topological polar surface area (TPSA) is 29.5 Å². The van der Waals surface area contributed by atoms with Crippen LogP contribution < -0.4 is 0 Å². The van der Waals surface area contributed by atoms with E-state index in [4.69, 9.17) is 4.74 Å². The highest BCUT2D eigenvalue weighted by molar-refractivity contribution is 5.94. The Balaban J connectivity index is 2.18. The van der Waals surface area contributed by atoms with E-state index in [2.05, 4.69) is 19.9 Å². The molecule has 1 aromatic rings. The van der Waals surface area contributed by atoms with Crippen LogP contribution in [0.4, 0.5) is 4.39 Å². The summed E-state index contributed by atoms with van der Waals surface area (Å²) in [5.74, 6) is 0.873. The van der Waals surface area contributed by atoms with Gasteiger partial charge in [0.15, 0.2) is 0 Å². The summed E-state index contributed by atoms with van der Waals surface area (Å²) in [6.45, 7) is 7.53. The van der Waals surface area contributed by atoms with Crippen LogP contribution in [-0.4, -0.2) is 30.0 Å². The molecule has 1 fully saturated rings. The maximum absolute atomic E-state index is 13.1. The molecule has 2 atom stereocenters. The molecule has 1 aliphatic heterocycles. The number of amides is 1. The summed E-state index contributed by atoms with van der Waals surface area (Å²) in [4.78, 5) is 14.6. The lowest BCUT2D eigenvalue weighted by molar-refractivity contribution is 0.0478. The van der Waals surface area contributed by atoms with Crippen LogP contribution in [0.15, 0.2) is 36.1 Å². The van der Waals surface area contributed by atoms with Crippen molar-refractivity contribution in [3.8, 4) is 0 Å². The van der Waals surface area contributed by atoms with Crippen LogP contribution >= 0.6 is 0 Å². The lowest BCUT2D eigenvalue weighted by Gasteiger charge is -2.40. The third kappa shape index (κ3) is 4.12. The fourth-order valence-electron chi connectivity index (χ4n) is 3.25. The standard InChI is InChI=1S/C19H26FNO2/c1-4-7-18(23-5-2)17-8-6-13-21(14(17)3)19(22)15-9-11-16(20)12-10-15/h7,9-12,14,17H,4-6,8,13H2,1-3H3/b18-7-. The Kier molecular flexibility index (Phi) is 6.20. The Morgan fingerprint density at radius 3 is 2.65 bits per heavy atom. The van der Waals surface area contributed by atoms with E-state index in [0.717, 1.165) is 31.6 Å². The monoisotopic (exact) mass is 319 g/mol. The summed E-state index contributed by atoms with van der Waals surface area (Å²) < 4.78 is 18.9. The van der Waals surface area contributed by atoms with Gasteiger partial charge in [-0.05, 0) is 63.5 Å². The minimum atomic E-state index is -0.323. The van der Waals surface area contributed by atoms with Gasteiger partial charge in [-0.15, -0.1) is 0 Å². The van der Waals surface area contributed by atoms with Gasteiger partial charge in [0.1, 0.15) is 5.82 Å². The third-order valence-electron chi connectivity index (χ3n) is 4.42. The van der Waals surface area contributed by atoms with Gasteiger partial charge in [0.05, 0.1) is 12.4 Å². The van der Waals surface area contributed by atoms with Crippen molar-refractivity contribution in [1.29, 1.82) is 0 Å². The second-order valence-corrected chi connectivity index (χ2v) is 5.94. The van der Waals surface area contributed by atoms with Crippen LogP contribution in [0.1, 0.15) is 50.4 Å². The van der Waals surface area contributed by atoms with Crippen molar-refractivity contribution in [3.05, 3.63) is 47.5 Å². The van der Waals surface area contributed by atoms with Crippen molar-refractivity contribution in [1.82, 2.24) is 4.90 Å². The maximum atomic E-state index is 13.1. The van der Waals surface area contributed by atoms with Gasteiger partial charge in [-0.25, -0.2) is 4.39 Å². The predicted molar refractivity (Wildman–Crippen MR) is 89.6 cm³/mol. The molecule has 23 heavy (non-hydrogen) atoms. The van der Waals surface area contributed by atoms with Gasteiger partial charge in [-0.2, -0.15) is 0 Å². The number of hydrogen-bond donors (Lipinski definition) is 0. The first-order valence-electron chi connectivity index (χ1n) is 8.47. The first-order valence-corrected chi connectivity index (χ1v) is 8.47. The van der Waals surface area contributed by atoms with Crippen molar-refractivity contribution in [3.63, 3.8) is 0 Å². The van der Waals surface area contributed by atoms with Gasteiger partial charge in [-0.1, -0.05) is 6.92 Å². The molecule has 1 aromatic carbocycles. The number of benzene rings is 1. The highest BCUT2D eigenvalue weighted by atomic mass is 19.1. The SMILES string of the molecule is CC/C=C(\OCC)C1CCCN(C(=O)c2ccc(F)cc2)C1C. The second kappa shape index (κ2) is 8.14. The number of halogens is 1. The minimum absolute atomic E-state index is 0.0328. The number of hydrogen-bond acceptors (Lipinski definition) is 2. The molecular weight excluding hydrogens is 293 g/mol. The molecule has 1 amide bonds. The van der Waals surface area contributed by atoms with E-state index in [1.807, 2.05) is 11.8 Å². The Labute approximate surface area is 138 Å². The van der Waals surface area contributed by atoms with Gasteiger partial charge >= 0.3 is 0 Å². The molecule has 0 aliphatic carbocycles. The van der Waals surface area contributed by atoms with Crippen molar-refractivity contribution in [2.75, 3.05) is 13.2 Å². The molecule has 1 heterocycles. The van der Waals surface area contributed by atoms with E-state index in [0.29, 0.717) is 12.2 Å². The number of nitrogens with zero attached hydrogens (tertiary/aromatic N) is 1. The fourth-order valence-corrected chi connectivity index (χ4v) is 3.25. The van der Waals surface area contributed by atoms with Crippen LogP contribution in [0.5, 0.6) is 0 Å². The first-order chi connectivity index (χ1) is 11.1. The van der Waals surface area contributed by atoms with E-state index >= 15 is 0 Å². The molecule has 2 unspecified atom stereocenters. The van der Waals surface area contributed by atoms with Crippen molar-refractivity contribution < 1.29 is 13.9 Å². The van der Waals surface area contributed by atoms with Crippen molar-refractivity contribution >= 4 is 5.91 Å². The van der Waals surface area contributed by atoms with E-state index in [9.17, 15) is 9.18 Å². The van der Waals surface area contributed by atoms with Crippen molar-refractivity contribution in [2.45, 2.75) is 46.1 Å². The highest BCUT2D eigenvalue weighted by Gasteiger charge is 2.34. The number of ether oxygens (including phenoxy) is 1. The smallest absolute Gasteiger partial charge is 0.254 e. The lowest BCUT2D eigenvalue weighted by atomic mass is 9.87. The lowest BCUT2D eigenvalue weighted by Crippen LogP contribution is -2.47. The zero-order valence-corrected chi connectivity index (χ0v) is 14.2. The largest absolute Gasteiger partial charge is 0.498 e. The van der Waals surface area contributed by atoms with Gasteiger partial charge in [0.25, 0.3) is 5.91 Å². The molecule has 0 spiro atoms. The summed E-state index contributed by atoms with van der Waals surface area (Å²) in [5, 5.41) is 0. The molecule has 1 saturated heterocycles. The molecule has 0 aromatic heterocycles. The van der Waals surface area contributed by atoms with E-state index < -0.39 is 0 Å². The Morgan fingerprint density at radius 1 is 1.35 bits per heavy atom. The average Bonchev–Trinajstić information content (AvgIpc) is 2.55. The van der Waals surface area contributed by atoms with Crippen LogP contribution in [0.2, 0.25) is 0 Å². The molecule has 1 aliphatic rings. The summed E-state index contributed by atoms with van der Waals surface area (Å²) in [5.41, 5.74) is 0.538.